The minimum atomic E-state index is -0.402. The molecule has 1 aromatic rings. The van der Waals surface area contributed by atoms with E-state index in [1.165, 1.54) is 11.1 Å². The van der Waals surface area contributed by atoms with Crippen molar-refractivity contribution < 1.29 is 4.79 Å². The third-order valence-corrected chi connectivity index (χ3v) is 3.80. The Morgan fingerprint density at radius 3 is 2.05 bits per heavy atom. The fourth-order valence-electron chi connectivity index (χ4n) is 2.11. The molecule has 112 valence electrons. The summed E-state index contributed by atoms with van der Waals surface area (Å²) in [7, 11) is 1.68. The Morgan fingerprint density at radius 1 is 1.10 bits per heavy atom. The van der Waals surface area contributed by atoms with Crippen molar-refractivity contribution >= 4 is 5.91 Å². The summed E-state index contributed by atoms with van der Waals surface area (Å²) in [5.74, 6) is 0.617. The molecule has 0 aliphatic carbocycles. The Bertz CT molecular complexity index is 435. The molecule has 1 unspecified atom stereocenters. The van der Waals surface area contributed by atoms with Gasteiger partial charge >= 0.3 is 0 Å². The molecule has 1 rings (SSSR count). The normalized spacial score (nSPS) is 13.3. The third-order valence-electron chi connectivity index (χ3n) is 3.80. The van der Waals surface area contributed by atoms with Crippen LogP contribution in [0.25, 0.3) is 0 Å². The van der Waals surface area contributed by atoms with Crippen molar-refractivity contribution in [2.45, 2.75) is 46.6 Å². The summed E-state index contributed by atoms with van der Waals surface area (Å²) < 4.78 is 0. The quantitative estimate of drug-likeness (QED) is 0.837. The van der Waals surface area contributed by atoms with Gasteiger partial charge < -0.3 is 10.6 Å². The molecule has 1 amide bonds. The Balaban J connectivity index is 2.63. The number of amides is 1. The van der Waals surface area contributed by atoms with Crippen LogP contribution in [0.5, 0.6) is 0 Å². The van der Waals surface area contributed by atoms with Gasteiger partial charge in [0.2, 0.25) is 5.91 Å². The van der Waals surface area contributed by atoms with E-state index in [-0.39, 0.29) is 11.9 Å². The maximum absolute atomic E-state index is 11.8. The number of benzene rings is 1. The van der Waals surface area contributed by atoms with E-state index in [1.807, 2.05) is 13.8 Å². The van der Waals surface area contributed by atoms with Gasteiger partial charge in [-0.2, -0.15) is 0 Å². The van der Waals surface area contributed by atoms with Crippen molar-refractivity contribution in [3.05, 3.63) is 35.4 Å². The molecule has 0 spiro atoms. The van der Waals surface area contributed by atoms with Crippen molar-refractivity contribution in [1.29, 1.82) is 0 Å². The average Bonchev–Trinajstić information content (AvgIpc) is 2.43. The van der Waals surface area contributed by atoms with E-state index in [0.29, 0.717) is 12.5 Å². The molecule has 0 aromatic heterocycles. The first-order valence-corrected chi connectivity index (χ1v) is 7.33. The molecule has 2 N–H and O–H groups in total. The standard InChI is InChI=1S/C17H28N2O/c1-12(2)14-7-9-15(10-8-14)13(3)19-11-17(4,5)16(20)18-6/h7-10,12-13,19H,11H2,1-6H3,(H,18,20). The Morgan fingerprint density at radius 2 is 1.60 bits per heavy atom. The molecular weight excluding hydrogens is 248 g/mol. The summed E-state index contributed by atoms with van der Waals surface area (Å²) >= 11 is 0. The summed E-state index contributed by atoms with van der Waals surface area (Å²) in [5, 5.41) is 6.15. The number of hydrogen-bond acceptors (Lipinski definition) is 2. The lowest BCUT2D eigenvalue weighted by atomic mass is 9.91. The van der Waals surface area contributed by atoms with Crippen LogP contribution in [0.15, 0.2) is 24.3 Å². The molecule has 1 aromatic carbocycles. The summed E-state index contributed by atoms with van der Waals surface area (Å²) in [6.07, 6.45) is 0. The molecule has 3 nitrogen and oxygen atoms in total. The number of rotatable bonds is 6. The predicted molar refractivity (Wildman–Crippen MR) is 84.8 cm³/mol. The Kier molecular flexibility index (Phi) is 5.75. The highest BCUT2D eigenvalue weighted by Crippen LogP contribution is 2.20. The molecule has 3 heteroatoms. The topological polar surface area (TPSA) is 41.1 Å². The van der Waals surface area contributed by atoms with Crippen molar-refractivity contribution in [2.24, 2.45) is 5.41 Å². The molecule has 0 aliphatic rings. The molecule has 20 heavy (non-hydrogen) atoms. The molecule has 0 radical (unpaired) electrons. The fourth-order valence-corrected chi connectivity index (χ4v) is 2.11. The van der Waals surface area contributed by atoms with Crippen molar-refractivity contribution in [3.63, 3.8) is 0 Å². The number of nitrogens with one attached hydrogen (secondary N) is 2. The largest absolute Gasteiger partial charge is 0.359 e. The summed E-state index contributed by atoms with van der Waals surface area (Å²) in [5.41, 5.74) is 2.20. The zero-order valence-corrected chi connectivity index (χ0v) is 13.6. The van der Waals surface area contributed by atoms with Crippen molar-refractivity contribution in [1.82, 2.24) is 10.6 Å². The van der Waals surface area contributed by atoms with Crippen LogP contribution in [0.2, 0.25) is 0 Å². The highest BCUT2D eigenvalue weighted by Gasteiger charge is 2.26. The minimum absolute atomic E-state index is 0.0624. The van der Waals surface area contributed by atoms with E-state index in [4.69, 9.17) is 0 Å². The second-order valence-electron chi connectivity index (χ2n) is 6.39. The lowest BCUT2D eigenvalue weighted by Gasteiger charge is -2.25. The van der Waals surface area contributed by atoms with E-state index in [0.717, 1.165) is 0 Å². The van der Waals surface area contributed by atoms with Crippen molar-refractivity contribution in [2.75, 3.05) is 13.6 Å². The molecule has 0 fully saturated rings. The Labute approximate surface area is 123 Å². The van der Waals surface area contributed by atoms with Crippen molar-refractivity contribution in [3.8, 4) is 0 Å². The molecular formula is C17H28N2O. The lowest BCUT2D eigenvalue weighted by Crippen LogP contribution is -2.42. The van der Waals surface area contributed by atoms with Crippen LogP contribution < -0.4 is 10.6 Å². The van der Waals surface area contributed by atoms with Gasteiger partial charge in [-0.3, -0.25) is 4.79 Å². The van der Waals surface area contributed by atoms with Gasteiger partial charge in [-0.1, -0.05) is 38.1 Å². The Hall–Kier alpha value is -1.35. The lowest BCUT2D eigenvalue weighted by molar-refractivity contribution is -0.128. The van der Waals surface area contributed by atoms with Gasteiger partial charge in [0.15, 0.2) is 0 Å². The highest BCUT2D eigenvalue weighted by atomic mass is 16.2. The number of carbonyl (C=O) groups is 1. The predicted octanol–water partition coefficient (Wildman–Crippen LogP) is 3.23. The summed E-state index contributed by atoms with van der Waals surface area (Å²) in [4.78, 5) is 11.8. The van der Waals surface area contributed by atoms with Crippen LogP contribution in [0.3, 0.4) is 0 Å². The van der Waals surface area contributed by atoms with Crippen LogP contribution in [0, 0.1) is 5.41 Å². The van der Waals surface area contributed by atoms with Crippen LogP contribution >= 0.6 is 0 Å². The van der Waals surface area contributed by atoms with Gasteiger partial charge in [-0.25, -0.2) is 0 Å². The van der Waals surface area contributed by atoms with E-state index >= 15 is 0 Å². The first kappa shape index (κ1) is 16.7. The molecule has 0 aliphatic heterocycles. The number of carbonyl (C=O) groups excluding carboxylic acids is 1. The number of hydrogen-bond donors (Lipinski definition) is 2. The first-order chi connectivity index (χ1) is 9.27. The second-order valence-corrected chi connectivity index (χ2v) is 6.39. The molecule has 1 atom stereocenters. The molecule has 0 heterocycles. The van der Waals surface area contributed by atoms with Gasteiger partial charge in [-0.15, -0.1) is 0 Å². The van der Waals surface area contributed by atoms with E-state index < -0.39 is 5.41 Å². The summed E-state index contributed by atoms with van der Waals surface area (Å²) in [6.45, 7) is 11.1. The van der Waals surface area contributed by atoms with E-state index in [1.54, 1.807) is 7.05 Å². The fraction of sp³-hybridized carbons (Fsp3) is 0.588. The zero-order chi connectivity index (χ0) is 15.3. The van der Waals surface area contributed by atoms with Gasteiger partial charge in [0.05, 0.1) is 5.41 Å². The second kappa shape index (κ2) is 6.89. The molecule has 0 saturated carbocycles. The monoisotopic (exact) mass is 276 g/mol. The summed E-state index contributed by atoms with van der Waals surface area (Å²) in [6, 6.07) is 8.93. The van der Waals surface area contributed by atoms with Crippen LogP contribution in [-0.2, 0) is 4.79 Å². The van der Waals surface area contributed by atoms with Crippen LogP contribution in [0.4, 0.5) is 0 Å². The smallest absolute Gasteiger partial charge is 0.226 e. The highest BCUT2D eigenvalue weighted by molar-refractivity contribution is 5.81. The molecule has 0 bridgehead atoms. The van der Waals surface area contributed by atoms with Crippen LogP contribution in [-0.4, -0.2) is 19.5 Å². The third kappa shape index (κ3) is 4.34. The van der Waals surface area contributed by atoms with E-state index in [9.17, 15) is 4.79 Å². The zero-order valence-electron chi connectivity index (χ0n) is 13.6. The average molecular weight is 276 g/mol. The maximum Gasteiger partial charge on any atom is 0.226 e. The first-order valence-electron chi connectivity index (χ1n) is 7.33. The SMILES string of the molecule is CNC(=O)C(C)(C)CNC(C)c1ccc(C(C)C)cc1. The van der Waals surface area contributed by atoms with Gasteiger partial charge in [0.25, 0.3) is 0 Å². The minimum Gasteiger partial charge on any atom is -0.359 e. The van der Waals surface area contributed by atoms with Crippen LogP contribution in [0.1, 0.15) is 57.7 Å². The van der Waals surface area contributed by atoms with E-state index in [2.05, 4.69) is 55.7 Å². The van der Waals surface area contributed by atoms with Gasteiger partial charge in [-0.05, 0) is 37.8 Å². The van der Waals surface area contributed by atoms with Gasteiger partial charge in [0, 0.05) is 19.6 Å². The molecule has 0 saturated heterocycles. The maximum atomic E-state index is 11.8. The van der Waals surface area contributed by atoms with Gasteiger partial charge in [0.1, 0.15) is 0 Å².